The first kappa shape index (κ1) is 28.1. The molecule has 0 spiro atoms. The number of methoxy groups -OCH3 is 1. The van der Waals surface area contributed by atoms with Gasteiger partial charge in [-0.1, -0.05) is 105 Å². The molecule has 0 bridgehead atoms. The van der Waals surface area contributed by atoms with Gasteiger partial charge < -0.3 is 14.2 Å². The maximum absolute atomic E-state index is 12.7. The number of carbonyl (C=O) groups is 1. The third-order valence-corrected chi connectivity index (χ3v) is 9.60. The predicted octanol–water partition coefficient (Wildman–Crippen LogP) is 9.77. The van der Waals surface area contributed by atoms with Crippen molar-refractivity contribution in [3.8, 4) is 17.2 Å². The molecule has 42 heavy (non-hydrogen) atoms. The highest BCUT2D eigenvalue weighted by atomic mass is 16.7. The van der Waals surface area contributed by atoms with Gasteiger partial charge in [0.2, 0.25) is 0 Å². The topological polar surface area (TPSA) is 44.8 Å². The Hall–Kier alpha value is -4.05. The molecule has 6 rings (SSSR count). The summed E-state index contributed by atoms with van der Waals surface area (Å²) in [6, 6.07) is 35.2. The van der Waals surface area contributed by atoms with E-state index in [4.69, 9.17) is 14.2 Å². The standard InChI is InChI=1S/C38H40O4/c1-40-33-19-13-30(14-20-33)38(27-9-4-10-28-38)32-17-23-35(24-18-32)42-36(39)41-34-21-15-31(16-22-34)37(25-7-3-8-26-37)29-11-5-2-6-12-29/h2,5-6,11-24H,3-4,7-10,25-28H2,1H3. The van der Waals surface area contributed by atoms with Crippen LogP contribution in [-0.2, 0) is 10.8 Å². The van der Waals surface area contributed by atoms with Crippen molar-refractivity contribution in [1.29, 1.82) is 0 Å². The Kier molecular flexibility index (Phi) is 8.32. The molecule has 0 amide bonds. The fraction of sp³-hybridized carbons (Fsp3) is 0.342. The summed E-state index contributed by atoms with van der Waals surface area (Å²) in [4.78, 5) is 12.7. The molecule has 0 aromatic heterocycles. The quantitative estimate of drug-likeness (QED) is 0.167. The molecule has 0 radical (unpaired) electrons. The summed E-state index contributed by atoms with van der Waals surface area (Å²) in [5.74, 6) is 1.83. The lowest BCUT2D eigenvalue weighted by atomic mass is 9.65. The number of rotatable bonds is 7. The predicted molar refractivity (Wildman–Crippen MR) is 167 cm³/mol. The summed E-state index contributed by atoms with van der Waals surface area (Å²) in [5.41, 5.74) is 5.17. The summed E-state index contributed by atoms with van der Waals surface area (Å²) < 4.78 is 16.6. The van der Waals surface area contributed by atoms with Crippen LogP contribution in [-0.4, -0.2) is 13.3 Å². The van der Waals surface area contributed by atoms with E-state index >= 15 is 0 Å². The van der Waals surface area contributed by atoms with Crippen molar-refractivity contribution < 1.29 is 19.0 Å². The van der Waals surface area contributed by atoms with Crippen molar-refractivity contribution in [2.24, 2.45) is 0 Å². The molecule has 2 aliphatic rings. The van der Waals surface area contributed by atoms with Gasteiger partial charge in [-0.25, -0.2) is 4.79 Å². The molecule has 2 saturated carbocycles. The zero-order chi connectivity index (χ0) is 28.8. The highest BCUT2D eigenvalue weighted by Crippen LogP contribution is 2.46. The summed E-state index contributed by atoms with van der Waals surface area (Å²) in [5, 5.41) is 0. The lowest BCUT2D eigenvalue weighted by Crippen LogP contribution is -2.30. The van der Waals surface area contributed by atoms with Gasteiger partial charge in [-0.2, -0.15) is 0 Å². The largest absolute Gasteiger partial charge is 0.519 e. The van der Waals surface area contributed by atoms with Crippen molar-refractivity contribution in [2.75, 3.05) is 7.11 Å². The molecular weight excluding hydrogens is 520 g/mol. The van der Waals surface area contributed by atoms with Crippen LogP contribution in [0.5, 0.6) is 17.2 Å². The molecule has 0 atom stereocenters. The van der Waals surface area contributed by atoms with Gasteiger partial charge in [0, 0.05) is 10.8 Å². The van der Waals surface area contributed by atoms with Crippen molar-refractivity contribution in [3.05, 3.63) is 125 Å². The Balaban J connectivity index is 1.14. The molecule has 4 aromatic rings. The van der Waals surface area contributed by atoms with Gasteiger partial charge in [0.25, 0.3) is 0 Å². The molecule has 4 heteroatoms. The number of hydrogen-bond acceptors (Lipinski definition) is 4. The average Bonchev–Trinajstić information content (AvgIpc) is 3.06. The minimum Gasteiger partial charge on any atom is -0.497 e. The second-order valence-electron chi connectivity index (χ2n) is 11.9. The first-order chi connectivity index (χ1) is 20.6. The van der Waals surface area contributed by atoms with Gasteiger partial charge in [0.05, 0.1) is 7.11 Å². The Morgan fingerprint density at radius 3 is 1.21 bits per heavy atom. The van der Waals surface area contributed by atoms with E-state index in [1.807, 2.05) is 36.4 Å². The lowest BCUT2D eigenvalue weighted by Gasteiger charge is -2.38. The maximum Gasteiger partial charge on any atom is 0.519 e. The molecule has 216 valence electrons. The monoisotopic (exact) mass is 560 g/mol. The van der Waals surface area contributed by atoms with Crippen LogP contribution >= 0.6 is 0 Å². The Labute approximate surface area is 249 Å². The van der Waals surface area contributed by atoms with Crippen LogP contribution in [0.1, 0.15) is 86.5 Å². The zero-order valence-electron chi connectivity index (χ0n) is 24.5. The number of benzene rings is 4. The molecule has 0 aliphatic heterocycles. The van der Waals surface area contributed by atoms with Crippen molar-refractivity contribution in [3.63, 3.8) is 0 Å². The SMILES string of the molecule is COc1ccc(C2(c3ccc(OC(=O)Oc4ccc(C5(c6ccccc6)CCCCC5)cc4)cc3)CCCCC2)cc1. The second-order valence-corrected chi connectivity index (χ2v) is 11.9. The maximum atomic E-state index is 12.7. The van der Waals surface area contributed by atoms with Gasteiger partial charge in [0.15, 0.2) is 0 Å². The van der Waals surface area contributed by atoms with E-state index < -0.39 is 6.16 Å². The highest BCUT2D eigenvalue weighted by molar-refractivity contribution is 5.67. The molecule has 0 heterocycles. The van der Waals surface area contributed by atoms with Crippen molar-refractivity contribution in [2.45, 2.75) is 75.0 Å². The minimum atomic E-state index is -0.728. The van der Waals surface area contributed by atoms with Crippen molar-refractivity contribution >= 4 is 6.16 Å². The van der Waals surface area contributed by atoms with Gasteiger partial charge in [-0.3, -0.25) is 0 Å². The molecule has 0 saturated heterocycles. The van der Waals surface area contributed by atoms with Crippen LogP contribution in [0, 0.1) is 0 Å². The minimum absolute atomic E-state index is 0.0157. The summed E-state index contributed by atoms with van der Waals surface area (Å²) in [6.45, 7) is 0. The third kappa shape index (κ3) is 5.68. The van der Waals surface area contributed by atoms with Crippen LogP contribution < -0.4 is 14.2 Å². The van der Waals surface area contributed by atoms with E-state index in [1.165, 1.54) is 60.8 Å². The fourth-order valence-electron chi connectivity index (χ4n) is 7.36. The number of carbonyl (C=O) groups excluding carboxylic acids is 1. The molecule has 2 aliphatic carbocycles. The first-order valence-corrected chi connectivity index (χ1v) is 15.4. The molecule has 0 N–H and O–H groups in total. The normalized spacial score (nSPS) is 17.6. The molecule has 2 fully saturated rings. The molecule has 4 nitrogen and oxygen atoms in total. The van der Waals surface area contributed by atoms with Crippen LogP contribution in [0.2, 0.25) is 0 Å². The smallest absolute Gasteiger partial charge is 0.497 e. The van der Waals surface area contributed by atoms with Crippen molar-refractivity contribution in [1.82, 2.24) is 0 Å². The Morgan fingerprint density at radius 1 is 0.476 bits per heavy atom. The van der Waals surface area contributed by atoms with E-state index in [9.17, 15) is 4.79 Å². The second kappa shape index (κ2) is 12.4. The summed E-state index contributed by atoms with van der Waals surface area (Å²) in [7, 11) is 1.70. The van der Waals surface area contributed by atoms with E-state index in [0.717, 1.165) is 31.4 Å². The number of ether oxygens (including phenoxy) is 3. The average molecular weight is 561 g/mol. The van der Waals surface area contributed by atoms with Crippen LogP contribution in [0.3, 0.4) is 0 Å². The van der Waals surface area contributed by atoms with Crippen LogP contribution in [0.4, 0.5) is 4.79 Å². The lowest BCUT2D eigenvalue weighted by molar-refractivity contribution is 0.152. The van der Waals surface area contributed by atoms with E-state index in [-0.39, 0.29) is 10.8 Å². The van der Waals surface area contributed by atoms with Crippen LogP contribution in [0.15, 0.2) is 103 Å². The van der Waals surface area contributed by atoms with E-state index in [2.05, 4.69) is 66.7 Å². The van der Waals surface area contributed by atoms with Gasteiger partial charge in [0.1, 0.15) is 17.2 Å². The van der Waals surface area contributed by atoms with E-state index in [1.54, 1.807) is 7.11 Å². The molecular formula is C38H40O4. The van der Waals surface area contributed by atoms with Crippen LogP contribution in [0.25, 0.3) is 0 Å². The Morgan fingerprint density at radius 2 is 0.833 bits per heavy atom. The van der Waals surface area contributed by atoms with Gasteiger partial charge in [-0.05, 0) is 84.3 Å². The summed E-state index contributed by atoms with van der Waals surface area (Å²) >= 11 is 0. The van der Waals surface area contributed by atoms with E-state index in [0.29, 0.717) is 11.5 Å². The Bertz CT molecular complexity index is 1440. The van der Waals surface area contributed by atoms with Gasteiger partial charge >= 0.3 is 6.16 Å². The third-order valence-electron chi connectivity index (χ3n) is 9.60. The zero-order valence-corrected chi connectivity index (χ0v) is 24.5. The molecule has 0 unspecified atom stereocenters. The summed E-state index contributed by atoms with van der Waals surface area (Å²) in [6.07, 6.45) is 11.1. The number of hydrogen-bond donors (Lipinski definition) is 0. The highest BCUT2D eigenvalue weighted by Gasteiger charge is 2.36. The fourth-order valence-corrected chi connectivity index (χ4v) is 7.36. The molecule has 4 aromatic carbocycles. The van der Waals surface area contributed by atoms with Gasteiger partial charge in [-0.15, -0.1) is 0 Å². The first-order valence-electron chi connectivity index (χ1n) is 15.4.